The lowest BCUT2D eigenvalue weighted by Crippen LogP contribution is -2.54. The van der Waals surface area contributed by atoms with Crippen LogP contribution in [0, 0.1) is 5.41 Å². The topological polar surface area (TPSA) is 55.3 Å². The largest absolute Gasteiger partial charge is 0.379 e. The first-order valence-corrected chi connectivity index (χ1v) is 6.13. The number of amides is 1. The second-order valence-corrected chi connectivity index (χ2v) is 5.22. The van der Waals surface area contributed by atoms with E-state index in [1.165, 1.54) is 0 Å². The Kier molecular flexibility index (Phi) is 3.61. The van der Waals surface area contributed by atoms with Crippen molar-refractivity contribution in [2.45, 2.75) is 26.3 Å². The van der Waals surface area contributed by atoms with Gasteiger partial charge in [0.1, 0.15) is 0 Å². The molecule has 0 N–H and O–H groups in total. The van der Waals surface area contributed by atoms with E-state index in [1.54, 1.807) is 23.5 Å². The molecule has 1 atom stereocenters. The van der Waals surface area contributed by atoms with Crippen LogP contribution in [0.3, 0.4) is 0 Å². The molecule has 2 rings (SSSR count). The fourth-order valence-electron chi connectivity index (χ4n) is 2.03. The second kappa shape index (κ2) is 5.02. The molecule has 1 saturated heterocycles. The molecule has 0 aliphatic carbocycles. The molecule has 5 nitrogen and oxygen atoms in total. The number of hydrogen-bond donors (Lipinski definition) is 0. The summed E-state index contributed by atoms with van der Waals surface area (Å²) < 4.78 is 5.14. The first-order valence-electron chi connectivity index (χ1n) is 6.13. The van der Waals surface area contributed by atoms with Gasteiger partial charge in [-0.05, 0) is 13.8 Å². The van der Waals surface area contributed by atoms with E-state index in [1.807, 2.05) is 20.9 Å². The lowest BCUT2D eigenvalue weighted by Gasteiger charge is -2.40. The average molecular weight is 249 g/mol. The van der Waals surface area contributed by atoms with Crippen molar-refractivity contribution in [2.24, 2.45) is 5.41 Å². The molecule has 18 heavy (non-hydrogen) atoms. The van der Waals surface area contributed by atoms with Crippen molar-refractivity contribution in [3.05, 3.63) is 24.3 Å². The minimum atomic E-state index is -0.342. The van der Waals surface area contributed by atoms with Crippen molar-refractivity contribution in [3.63, 3.8) is 0 Å². The highest BCUT2D eigenvalue weighted by Crippen LogP contribution is 2.29. The zero-order chi connectivity index (χ0) is 13.2. The van der Waals surface area contributed by atoms with Crippen molar-refractivity contribution < 1.29 is 9.53 Å². The van der Waals surface area contributed by atoms with E-state index >= 15 is 0 Å². The summed E-state index contributed by atoms with van der Waals surface area (Å²) in [5.41, 5.74) is 0.561. The van der Waals surface area contributed by atoms with Crippen LogP contribution in [0.25, 0.3) is 0 Å². The summed E-state index contributed by atoms with van der Waals surface area (Å²) in [4.78, 5) is 22.3. The average Bonchev–Trinajstić information content (AvgIpc) is 2.35. The Bertz CT molecular complexity index is 418. The highest BCUT2D eigenvalue weighted by atomic mass is 16.5. The maximum absolute atomic E-state index is 12.3. The monoisotopic (exact) mass is 249 g/mol. The van der Waals surface area contributed by atoms with Gasteiger partial charge in [-0.2, -0.15) is 0 Å². The zero-order valence-electron chi connectivity index (χ0n) is 11.1. The number of rotatable bonds is 4. The SMILES string of the molecule is CC(Cc1cnccn1)N(C)C(=O)C1(C)COC1. The van der Waals surface area contributed by atoms with E-state index in [0.717, 1.165) is 5.69 Å². The number of carbonyl (C=O) groups excluding carboxylic acids is 1. The Morgan fingerprint density at radius 2 is 2.28 bits per heavy atom. The predicted molar refractivity (Wildman–Crippen MR) is 66.9 cm³/mol. The fourth-order valence-corrected chi connectivity index (χ4v) is 2.03. The molecule has 0 bridgehead atoms. The Morgan fingerprint density at radius 3 is 2.78 bits per heavy atom. The summed E-state index contributed by atoms with van der Waals surface area (Å²) in [7, 11) is 1.84. The molecule has 0 radical (unpaired) electrons. The first kappa shape index (κ1) is 13.0. The number of nitrogens with zero attached hydrogens (tertiary/aromatic N) is 3. The van der Waals surface area contributed by atoms with Gasteiger partial charge in [0.05, 0.1) is 24.3 Å². The Morgan fingerprint density at radius 1 is 1.56 bits per heavy atom. The number of hydrogen-bond acceptors (Lipinski definition) is 4. The summed E-state index contributed by atoms with van der Waals surface area (Å²) in [5, 5.41) is 0. The standard InChI is InChI=1S/C13H19N3O2/c1-10(6-11-7-14-4-5-15-11)16(3)12(17)13(2)8-18-9-13/h4-5,7,10H,6,8-9H2,1-3H3. The molecule has 1 fully saturated rings. The molecule has 1 aliphatic heterocycles. The van der Waals surface area contributed by atoms with Gasteiger partial charge in [0.2, 0.25) is 5.91 Å². The van der Waals surface area contributed by atoms with Crippen LogP contribution in [0.4, 0.5) is 0 Å². The quantitative estimate of drug-likeness (QED) is 0.795. The number of likely N-dealkylation sites (N-methyl/N-ethyl adjacent to an activating group) is 1. The summed E-state index contributed by atoms with van der Waals surface area (Å²) in [6, 6.07) is 0.103. The van der Waals surface area contributed by atoms with Gasteiger partial charge in [-0.1, -0.05) is 0 Å². The van der Waals surface area contributed by atoms with Crippen molar-refractivity contribution in [3.8, 4) is 0 Å². The van der Waals surface area contributed by atoms with Gasteiger partial charge < -0.3 is 9.64 Å². The highest BCUT2D eigenvalue weighted by Gasteiger charge is 2.43. The second-order valence-electron chi connectivity index (χ2n) is 5.22. The normalized spacial score (nSPS) is 18.8. The van der Waals surface area contributed by atoms with Crippen LogP contribution in [0.1, 0.15) is 19.5 Å². The maximum atomic E-state index is 12.3. The van der Waals surface area contributed by atoms with Crippen LogP contribution in [0.2, 0.25) is 0 Å². The van der Waals surface area contributed by atoms with Gasteiger partial charge >= 0.3 is 0 Å². The molecule has 1 amide bonds. The minimum absolute atomic E-state index is 0.103. The summed E-state index contributed by atoms with van der Waals surface area (Å²) in [6.45, 7) is 5.02. The fraction of sp³-hybridized carbons (Fsp3) is 0.615. The van der Waals surface area contributed by atoms with Gasteiger partial charge in [0.15, 0.2) is 0 Å². The van der Waals surface area contributed by atoms with E-state index in [4.69, 9.17) is 4.74 Å². The van der Waals surface area contributed by atoms with Crippen molar-refractivity contribution in [1.29, 1.82) is 0 Å². The lowest BCUT2D eigenvalue weighted by atomic mass is 9.86. The van der Waals surface area contributed by atoms with Crippen LogP contribution in [-0.4, -0.2) is 47.1 Å². The Labute approximate surface area is 107 Å². The molecule has 2 heterocycles. The molecule has 1 aromatic rings. The molecular formula is C13H19N3O2. The first-order chi connectivity index (χ1) is 8.53. The Balaban J connectivity index is 1.96. The predicted octanol–water partition coefficient (Wildman–Crippen LogP) is 0.903. The van der Waals surface area contributed by atoms with Crippen LogP contribution in [0.15, 0.2) is 18.6 Å². The van der Waals surface area contributed by atoms with Crippen molar-refractivity contribution in [2.75, 3.05) is 20.3 Å². The highest BCUT2D eigenvalue weighted by molar-refractivity contribution is 5.83. The lowest BCUT2D eigenvalue weighted by molar-refractivity contribution is -0.169. The molecule has 1 aromatic heterocycles. The molecule has 1 unspecified atom stereocenters. The molecule has 5 heteroatoms. The zero-order valence-corrected chi connectivity index (χ0v) is 11.1. The molecule has 0 aromatic carbocycles. The van der Waals surface area contributed by atoms with Gasteiger partial charge in [-0.15, -0.1) is 0 Å². The van der Waals surface area contributed by atoms with E-state index in [0.29, 0.717) is 19.6 Å². The van der Waals surface area contributed by atoms with Gasteiger partial charge in [0, 0.05) is 38.1 Å². The van der Waals surface area contributed by atoms with Gasteiger partial charge in [0.25, 0.3) is 0 Å². The van der Waals surface area contributed by atoms with E-state index in [-0.39, 0.29) is 17.4 Å². The molecule has 98 valence electrons. The van der Waals surface area contributed by atoms with E-state index in [9.17, 15) is 4.79 Å². The van der Waals surface area contributed by atoms with Crippen LogP contribution in [0.5, 0.6) is 0 Å². The number of carbonyl (C=O) groups is 1. The van der Waals surface area contributed by atoms with E-state index < -0.39 is 0 Å². The summed E-state index contributed by atoms with van der Waals surface area (Å²) in [6.07, 6.45) is 5.77. The minimum Gasteiger partial charge on any atom is -0.379 e. The van der Waals surface area contributed by atoms with E-state index in [2.05, 4.69) is 9.97 Å². The number of ether oxygens (including phenoxy) is 1. The number of aromatic nitrogens is 2. The third-order valence-electron chi connectivity index (χ3n) is 3.46. The van der Waals surface area contributed by atoms with Crippen molar-refractivity contribution >= 4 is 5.91 Å². The van der Waals surface area contributed by atoms with Crippen molar-refractivity contribution in [1.82, 2.24) is 14.9 Å². The van der Waals surface area contributed by atoms with Crippen LogP contribution >= 0.6 is 0 Å². The summed E-state index contributed by atoms with van der Waals surface area (Å²) >= 11 is 0. The maximum Gasteiger partial charge on any atom is 0.233 e. The molecule has 0 spiro atoms. The third kappa shape index (κ3) is 2.51. The third-order valence-corrected chi connectivity index (χ3v) is 3.46. The van der Waals surface area contributed by atoms with Gasteiger partial charge in [-0.3, -0.25) is 14.8 Å². The van der Waals surface area contributed by atoms with Crippen LogP contribution < -0.4 is 0 Å². The summed E-state index contributed by atoms with van der Waals surface area (Å²) in [5.74, 6) is 0.144. The van der Waals surface area contributed by atoms with Crippen LogP contribution in [-0.2, 0) is 16.0 Å². The smallest absolute Gasteiger partial charge is 0.233 e. The van der Waals surface area contributed by atoms with Gasteiger partial charge in [-0.25, -0.2) is 0 Å². The molecular weight excluding hydrogens is 230 g/mol. The molecule has 0 saturated carbocycles. The Hall–Kier alpha value is -1.49. The molecule has 1 aliphatic rings.